The van der Waals surface area contributed by atoms with Crippen molar-refractivity contribution in [2.24, 2.45) is 0 Å². The lowest BCUT2D eigenvalue weighted by Crippen LogP contribution is -2.03. The second-order valence-corrected chi connectivity index (χ2v) is 6.39. The van der Waals surface area contributed by atoms with Crippen molar-refractivity contribution in [3.8, 4) is 5.75 Å². The van der Waals surface area contributed by atoms with Gasteiger partial charge in [-0.1, -0.05) is 36.4 Å². The maximum atomic E-state index is 12.0. The van der Waals surface area contributed by atoms with E-state index < -0.39 is 0 Å². The highest BCUT2D eigenvalue weighted by molar-refractivity contribution is 6.11. The molecule has 5 heteroatoms. The number of hydrogen-bond acceptors (Lipinski definition) is 4. The molecule has 0 aliphatic rings. The van der Waals surface area contributed by atoms with E-state index in [1.165, 1.54) is 31.2 Å². The fourth-order valence-electron chi connectivity index (χ4n) is 2.78. The highest BCUT2D eigenvalue weighted by Gasteiger charge is 2.06. The smallest absolute Gasteiger partial charge is 0.227 e. The van der Waals surface area contributed by atoms with E-state index in [1.807, 2.05) is 24.3 Å². The summed E-state index contributed by atoms with van der Waals surface area (Å²) < 4.78 is 1.55. The standard InChI is InChI=1S/C23H19NO4/c1-16(25)24-13-12-19-7-2-18(14-23(19)24)6-11-22(28)15-21(27)10-5-17-3-8-20(26)9-4-17/h2-14,26H,15H2,1H3/b10-5+,11-6+. The van der Waals surface area contributed by atoms with Gasteiger partial charge >= 0.3 is 0 Å². The van der Waals surface area contributed by atoms with Gasteiger partial charge in [-0.15, -0.1) is 0 Å². The molecule has 28 heavy (non-hydrogen) atoms. The molecule has 0 saturated heterocycles. The Morgan fingerprint density at radius 2 is 1.50 bits per heavy atom. The Hall–Kier alpha value is -3.73. The molecule has 2 aromatic carbocycles. The molecule has 0 unspecified atom stereocenters. The van der Waals surface area contributed by atoms with Crippen LogP contribution in [0.15, 0.2) is 66.9 Å². The molecule has 0 saturated carbocycles. The Bertz CT molecular complexity index is 1100. The Morgan fingerprint density at radius 3 is 2.14 bits per heavy atom. The second-order valence-electron chi connectivity index (χ2n) is 6.39. The maximum absolute atomic E-state index is 12.0. The van der Waals surface area contributed by atoms with E-state index in [0.29, 0.717) is 0 Å². The number of phenolic OH excluding ortho intramolecular Hbond substituents is 1. The molecule has 140 valence electrons. The summed E-state index contributed by atoms with van der Waals surface area (Å²) >= 11 is 0. The van der Waals surface area contributed by atoms with E-state index >= 15 is 0 Å². The molecule has 1 N–H and O–H groups in total. The zero-order chi connectivity index (χ0) is 20.1. The van der Waals surface area contributed by atoms with Crippen LogP contribution in [0.4, 0.5) is 0 Å². The molecule has 3 aromatic rings. The first-order chi connectivity index (χ1) is 13.4. The number of rotatable bonds is 6. The van der Waals surface area contributed by atoms with Crippen molar-refractivity contribution in [1.82, 2.24) is 4.57 Å². The maximum Gasteiger partial charge on any atom is 0.227 e. The van der Waals surface area contributed by atoms with Gasteiger partial charge < -0.3 is 5.11 Å². The summed E-state index contributed by atoms with van der Waals surface area (Å²) in [5.41, 5.74) is 2.31. The number of hydrogen-bond donors (Lipinski definition) is 1. The first-order valence-electron chi connectivity index (χ1n) is 8.75. The Labute approximate surface area is 162 Å². The molecule has 0 atom stereocenters. The third kappa shape index (κ3) is 4.71. The van der Waals surface area contributed by atoms with Gasteiger partial charge in [0, 0.05) is 18.5 Å². The highest BCUT2D eigenvalue weighted by Crippen LogP contribution is 2.18. The zero-order valence-corrected chi connectivity index (χ0v) is 15.3. The number of allylic oxidation sites excluding steroid dienone is 2. The van der Waals surface area contributed by atoms with Crippen LogP contribution in [0.5, 0.6) is 5.75 Å². The van der Waals surface area contributed by atoms with Crippen molar-refractivity contribution >= 4 is 40.5 Å². The highest BCUT2D eigenvalue weighted by atomic mass is 16.3. The van der Waals surface area contributed by atoms with E-state index in [0.717, 1.165) is 22.0 Å². The van der Waals surface area contributed by atoms with Crippen LogP contribution in [0.25, 0.3) is 23.1 Å². The van der Waals surface area contributed by atoms with Crippen LogP contribution >= 0.6 is 0 Å². The van der Waals surface area contributed by atoms with Gasteiger partial charge in [-0.2, -0.15) is 0 Å². The molecule has 0 amide bonds. The molecule has 0 spiro atoms. The van der Waals surface area contributed by atoms with Gasteiger partial charge in [0.05, 0.1) is 11.9 Å². The van der Waals surface area contributed by atoms with E-state index in [2.05, 4.69) is 0 Å². The third-order valence-corrected chi connectivity index (χ3v) is 4.22. The van der Waals surface area contributed by atoms with Crippen molar-refractivity contribution in [3.05, 3.63) is 78.0 Å². The largest absolute Gasteiger partial charge is 0.508 e. The Morgan fingerprint density at radius 1 is 0.893 bits per heavy atom. The van der Waals surface area contributed by atoms with Gasteiger partial charge in [0.1, 0.15) is 5.75 Å². The molecular formula is C23H19NO4. The topological polar surface area (TPSA) is 76.4 Å². The van der Waals surface area contributed by atoms with Crippen LogP contribution < -0.4 is 0 Å². The lowest BCUT2D eigenvalue weighted by molar-refractivity contribution is -0.121. The summed E-state index contributed by atoms with van der Waals surface area (Å²) in [4.78, 5) is 35.6. The number of aromatic hydroxyl groups is 1. The van der Waals surface area contributed by atoms with E-state index in [-0.39, 0.29) is 29.6 Å². The Balaban J connectivity index is 1.63. The van der Waals surface area contributed by atoms with Gasteiger partial charge in [0.15, 0.2) is 11.6 Å². The number of carbonyl (C=O) groups excluding carboxylic acids is 3. The van der Waals surface area contributed by atoms with E-state index in [4.69, 9.17) is 0 Å². The van der Waals surface area contributed by atoms with Crippen LogP contribution in [0, 0.1) is 0 Å². The fraction of sp³-hybridized carbons (Fsp3) is 0.0870. The van der Waals surface area contributed by atoms with Crippen molar-refractivity contribution in [2.75, 3.05) is 0 Å². The van der Waals surface area contributed by atoms with Gasteiger partial charge in [-0.25, -0.2) is 0 Å². The molecular weight excluding hydrogens is 354 g/mol. The van der Waals surface area contributed by atoms with Crippen LogP contribution in [-0.2, 0) is 9.59 Å². The monoisotopic (exact) mass is 373 g/mol. The van der Waals surface area contributed by atoms with Gasteiger partial charge in [-0.05, 0) is 47.5 Å². The summed E-state index contributed by atoms with van der Waals surface area (Å²) in [6.45, 7) is 1.49. The summed E-state index contributed by atoms with van der Waals surface area (Å²) in [6.07, 6.45) is 7.44. The molecule has 0 bridgehead atoms. The van der Waals surface area contributed by atoms with Crippen molar-refractivity contribution in [3.63, 3.8) is 0 Å². The first kappa shape index (κ1) is 19.0. The van der Waals surface area contributed by atoms with Crippen molar-refractivity contribution in [2.45, 2.75) is 13.3 Å². The van der Waals surface area contributed by atoms with Crippen LogP contribution in [0.2, 0.25) is 0 Å². The minimum absolute atomic E-state index is 0.0850. The number of nitrogens with zero attached hydrogens (tertiary/aromatic N) is 1. The molecule has 5 nitrogen and oxygen atoms in total. The number of fused-ring (bicyclic) bond motifs is 1. The molecule has 0 fully saturated rings. The molecule has 1 aromatic heterocycles. The molecule has 0 aliphatic carbocycles. The zero-order valence-electron chi connectivity index (χ0n) is 15.3. The van der Waals surface area contributed by atoms with Crippen LogP contribution in [-0.4, -0.2) is 27.1 Å². The van der Waals surface area contributed by atoms with E-state index in [1.54, 1.807) is 35.0 Å². The third-order valence-electron chi connectivity index (χ3n) is 4.22. The molecule has 3 rings (SSSR count). The normalized spacial score (nSPS) is 11.5. The minimum Gasteiger partial charge on any atom is -0.508 e. The predicted molar refractivity (Wildman–Crippen MR) is 109 cm³/mol. The van der Waals surface area contributed by atoms with E-state index in [9.17, 15) is 19.5 Å². The summed E-state index contributed by atoms with van der Waals surface area (Å²) in [6, 6.07) is 13.8. The van der Waals surface area contributed by atoms with Gasteiger partial charge in [0.25, 0.3) is 0 Å². The predicted octanol–water partition coefficient (Wildman–Crippen LogP) is 4.26. The summed E-state index contributed by atoms with van der Waals surface area (Å²) in [5.74, 6) is -0.540. The average molecular weight is 373 g/mol. The number of benzene rings is 2. The summed E-state index contributed by atoms with van der Waals surface area (Å²) in [5, 5.41) is 10.2. The number of ketones is 2. The molecule has 1 heterocycles. The second kappa shape index (κ2) is 8.31. The number of aromatic nitrogens is 1. The molecule has 0 aliphatic heterocycles. The number of phenols is 1. The molecule has 0 radical (unpaired) electrons. The number of carbonyl (C=O) groups is 3. The quantitative estimate of drug-likeness (QED) is 0.517. The SMILES string of the molecule is CC(=O)n1ccc2ccc(/C=C/C(=O)CC(=O)/C=C/c3ccc(O)cc3)cc21. The van der Waals surface area contributed by atoms with Gasteiger partial charge in [0.2, 0.25) is 5.91 Å². The van der Waals surface area contributed by atoms with Crippen molar-refractivity contribution < 1.29 is 19.5 Å². The van der Waals surface area contributed by atoms with Crippen molar-refractivity contribution in [1.29, 1.82) is 0 Å². The summed E-state index contributed by atoms with van der Waals surface area (Å²) in [7, 11) is 0. The van der Waals surface area contributed by atoms with Crippen LogP contribution in [0.1, 0.15) is 29.3 Å². The lowest BCUT2D eigenvalue weighted by Gasteiger charge is -2.00. The van der Waals surface area contributed by atoms with Gasteiger partial charge in [-0.3, -0.25) is 19.0 Å². The van der Waals surface area contributed by atoms with Crippen LogP contribution in [0.3, 0.4) is 0 Å². The average Bonchev–Trinajstić information content (AvgIpc) is 3.09. The lowest BCUT2D eigenvalue weighted by atomic mass is 10.1. The first-order valence-corrected chi connectivity index (χ1v) is 8.75. The minimum atomic E-state index is -0.303. The fourth-order valence-corrected chi connectivity index (χ4v) is 2.78. The Kier molecular flexibility index (Phi) is 5.65.